The smallest absolute Gasteiger partial charge is 0.319 e. The highest BCUT2D eigenvalue weighted by molar-refractivity contribution is 7.13. The minimum Gasteiger partial charge on any atom is -0.379 e. The monoisotopic (exact) mass is 493 g/mol. The van der Waals surface area contributed by atoms with Crippen molar-refractivity contribution in [2.45, 2.75) is 26.6 Å². The van der Waals surface area contributed by atoms with Gasteiger partial charge in [-0.15, -0.1) is 11.3 Å². The summed E-state index contributed by atoms with van der Waals surface area (Å²) in [7, 11) is 0. The highest BCUT2D eigenvalue weighted by Gasteiger charge is 2.15. The zero-order valence-electron chi connectivity index (χ0n) is 19.6. The minimum atomic E-state index is -0.308. The number of ether oxygens (including phenoxy) is 1. The third-order valence-electron chi connectivity index (χ3n) is 6.12. The number of aromatic nitrogens is 2. The minimum absolute atomic E-state index is 0.296. The van der Waals surface area contributed by atoms with E-state index in [9.17, 15) is 9.18 Å². The fourth-order valence-corrected chi connectivity index (χ4v) is 5.05. The topological polar surface area (TPSA) is 71.4 Å². The molecule has 1 aliphatic heterocycles. The molecule has 0 unspecified atom stereocenters. The Morgan fingerprint density at radius 3 is 2.74 bits per heavy atom. The number of nitrogens with zero attached hydrogens (tertiary/aromatic N) is 3. The van der Waals surface area contributed by atoms with Crippen molar-refractivity contribution in [2.75, 3.05) is 31.6 Å². The number of fused-ring (bicyclic) bond motifs is 1. The lowest BCUT2D eigenvalue weighted by atomic mass is 10.1. The summed E-state index contributed by atoms with van der Waals surface area (Å²) < 4.78 is 20.7. The predicted molar refractivity (Wildman–Crippen MR) is 137 cm³/mol. The van der Waals surface area contributed by atoms with Crippen molar-refractivity contribution >= 4 is 34.0 Å². The van der Waals surface area contributed by atoms with E-state index in [-0.39, 0.29) is 11.8 Å². The van der Waals surface area contributed by atoms with E-state index in [0.29, 0.717) is 6.54 Å². The van der Waals surface area contributed by atoms with Gasteiger partial charge in [0.05, 0.1) is 30.1 Å². The molecule has 2 N–H and O–H groups in total. The Balaban J connectivity index is 1.32. The van der Waals surface area contributed by atoms with E-state index in [1.165, 1.54) is 12.1 Å². The molecule has 3 heterocycles. The van der Waals surface area contributed by atoms with Gasteiger partial charge in [0.1, 0.15) is 10.8 Å². The van der Waals surface area contributed by atoms with Crippen LogP contribution < -0.4 is 10.6 Å². The highest BCUT2D eigenvalue weighted by Crippen LogP contribution is 2.32. The first-order valence-electron chi connectivity index (χ1n) is 11.8. The van der Waals surface area contributed by atoms with Crippen LogP contribution in [0.4, 0.5) is 14.9 Å². The van der Waals surface area contributed by atoms with E-state index in [4.69, 9.17) is 9.72 Å². The molecule has 0 bridgehead atoms. The van der Waals surface area contributed by atoms with Gasteiger partial charge in [0.15, 0.2) is 0 Å². The van der Waals surface area contributed by atoms with Crippen molar-refractivity contribution in [3.8, 4) is 10.6 Å². The average molecular weight is 494 g/mol. The SMILES string of the molecule is CCn1cc(NC(=O)NCc2ccc(F)cc2)c2cc(-c3nc(CN4CCOCC4)cs3)ccc21. The Labute approximate surface area is 207 Å². The van der Waals surface area contributed by atoms with Crippen LogP contribution >= 0.6 is 11.3 Å². The second-order valence-corrected chi connectivity index (χ2v) is 9.39. The maximum atomic E-state index is 13.1. The van der Waals surface area contributed by atoms with Crippen molar-refractivity contribution in [1.82, 2.24) is 19.8 Å². The summed E-state index contributed by atoms with van der Waals surface area (Å²) in [5.74, 6) is -0.296. The number of thiazole rings is 1. The van der Waals surface area contributed by atoms with Gasteiger partial charge < -0.3 is 19.9 Å². The Kier molecular flexibility index (Phi) is 7.08. The fourth-order valence-electron chi connectivity index (χ4n) is 4.24. The van der Waals surface area contributed by atoms with E-state index >= 15 is 0 Å². The van der Waals surface area contributed by atoms with Gasteiger partial charge in [-0.2, -0.15) is 0 Å². The molecule has 0 aliphatic carbocycles. The fraction of sp³-hybridized carbons (Fsp3) is 0.308. The quantitative estimate of drug-likeness (QED) is 0.377. The van der Waals surface area contributed by atoms with Crippen LogP contribution in [-0.4, -0.2) is 46.8 Å². The second kappa shape index (κ2) is 10.6. The molecule has 9 heteroatoms. The van der Waals surface area contributed by atoms with Crippen LogP contribution in [0.1, 0.15) is 18.2 Å². The van der Waals surface area contributed by atoms with Crippen molar-refractivity contribution < 1.29 is 13.9 Å². The number of nitrogens with one attached hydrogen (secondary N) is 2. The third-order valence-corrected chi connectivity index (χ3v) is 7.06. The second-order valence-electron chi connectivity index (χ2n) is 8.53. The number of carbonyl (C=O) groups excluding carboxylic acids is 1. The van der Waals surface area contributed by atoms with E-state index in [1.807, 2.05) is 6.20 Å². The number of halogens is 1. The molecule has 0 radical (unpaired) electrons. The van der Waals surface area contributed by atoms with Gasteiger partial charge in [0.2, 0.25) is 0 Å². The van der Waals surface area contributed by atoms with Gasteiger partial charge in [-0.1, -0.05) is 12.1 Å². The van der Waals surface area contributed by atoms with Crippen LogP contribution in [0.15, 0.2) is 54.0 Å². The van der Waals surface area contributed by atoms with Gasteiger partial charge in [0.25, 0.3) is 0 Å². The van der Waals surface area contributed by atoms with Crippen molar-refractivity contribution in [3.05, 3.63) is 71.1 Å². The molecule has 5 rings (SSSR count). The number of aryl methyl sites for hydroxylation is 1. The van der Waals surface area contributed by atoms with Crippen molar-refractivity contribution in [3.63, 3.8) is 0 Å². The van der Waals surface area contributed by atoms with Gasteiger partial charge >= 0.3 is 6.03 Å². The largest absolute Gasteiger partial charge is 0.379 e. The third kappa shape index (κ3) is 5.53. The zero-order valence-corrected chi connectivity index (χ0v) is 20.4. The molecule has 35 heavy (non-hydrogen) atoms. The summed E-state index contributed by atoms with van der Waals surface area (Å²) in [5, 5.41) is 9.87. The molecule has 182 valence electrons. The zero-order chi connectivity index (χ0) is 24.2. The predicted octanol–water partition coefficient (Wildman–Crippen LogP) is 5.08. The van der Waals surface area contributed by atoms with E-state index in [1.54, 1.807) is 23.5 Å². The van der Waals surface area contributed by atoms with Crippen LogP contribution in [-0.2, 0) is 24.4 Å². The summed E-state index contributed by atoms with van der Waals surface area (Å²) in [6, 6.07) is 12.0. The molecular weight excluding hydrogens is 465 g/mol. The first-order valence-corrected chi connectivity index (χ1v) is 12.6. The maximum absolute atomic E-state index is 13.1. The number of hydrogen-bond acceptors (Lipinski definition) is 5. The number of anilines is 1. The van der Waals surface area contributed by atoms with Gasteiger partial charge in [-0.3, -0.25) is 4.90 Å². The maximum Gasteiger partial charge on any atom is 0.319 e. The van der Waals surface area contributed by atoms with Crippen LogP contribution in [0.5, 0.6) is 0 Å². The van der Waals surface area contributed by atoms with Crippen LogP contribution in [0.2, 0.25) is 0 Å². The number of benzene rings is 2. The summed E-state index contributed by atoms with van der Waals surface area (Å²) in [6.07, 6.45) is 1.96. The lowest BCUT2D eigenvalue weighted by molar-refractivity contribution is 0.0337. The van der Waals surface area contributed by atoms with Gasteiger partial charge in [0, 0.05) is 55.3 Å². The molecule has 1 saturated heterocycles. The van der Waals surface area contributed by atoms with Gasteiger partial charge in [-0.05, 0) is 42.8 Å². The number of morpholine rings is 1. The first kappa shape index (κ1) is 23.5. The molecule has 1 fully saturated rings. The summed E-state index contributed by atoms with van der Waals surface area (Å²) in [6.45, 7) is 7.41. The summed E-state index contributed by atoms with van der Waals surface area (Å²) in [4.78, 5) is 19.8. The molecular formula is C26H28FN5O2S. The molecule has 2 aromatic carbocycles. The molecule has 0 atom stereocenters. The number of hydrogen-bond donors (Lipinski definition) is 2. The Hall–Kier alpha value is -3.27. The first-order chi connectivity index (χ1) is 17.1. The lowest BCUT2D eigenvalue weighted by Gasteiger charge is -2.25. The van der Waals surface area contributed by atoms with Crippen LogP contribution in [0.3, 0.4) is 0 Å². The molecule has 2 aromatic heterocycles. The van der Waals surface area contributed by atoms with E-state index in [2.05, 4.69) is 50.6 Å². The normalized spacial score (nSPS) is 14.3. The Morgan fingerprint density at radius 2 is 1.97 bits per heavy atom. The number of rotatable bonds is 7. The molecule has 0 spiro atoms. The van der Waals surface area contributed by atoms with E-state index in [0.717, 1.165) is 77.8 Å². The lowest BCUT2D eigenvalue weighted by Crippen LogP contribution is -2.35. The van der Waals surface area contributed by atoms with Crippen LogP contribution in [0, 0.1) is 5.82 Å². The highest BCUT2D eigenvalue weighted by atomic mass is 32.1. The number of carbonyl (C=O) groups is 1. The Bertz CT molecular complexity index is 1310. The molecule has 2 amide bonds. The van der Waals surface area contributed by atoms with Crippen molar-refractivity contribution in [2.24, 2.45) is 0 Å². The molecule has 0 saturated carbocycles. The van der Waals surface area contributed by atoms with Crippen molar-refractivity contribution in [1.29, 1.82) is 0 Å². The molecule has 1 aliphatic rings. The standard InChI is InChI=1S/C26H28FN5O2S/c1-2-32-16-23(30-26(33)28-14-18-3-6-20(27)7-4-18)22-13-19(5-8-24(22)32)25-29-21(17-35-25)15-31-9-11-34-12-10-31/h3-8,13,16-17H,2,9-12,14-15H2,1H3,(H2,28,30,33). The molecule has 4 aromatic rings. The summed E-state index contributed by atoms with van der Waals surface area (Å²) >= 11 is 1.64. The van der Waals surface area contributed by atoms with E-state index < -0.39 is 0 Å². The molecule has 7 nitrogen and oxygen atoms in total. The Morgan fingerprint density at radius 1 is 1.17 bits per heavy atom. The van der Waals surface area contributed by atoms with Crippen LogP contribution in [0.25, 0.3) is 21.5 Å². The number of urea groups is 1. The average Bonchev–Trinajstić information content (AvgIpc) is 3.48. The van der Waals surface area contributed by atoms with Gasteiger partial charge in [-0.25, -0.2) is 14.2 Å². The number of amides is 2. The summed E-state index contributed by atoms with van der Waals surface area (Å²) in [5.41, 5.74) is 4.72.